The van der Waals surface area contributed by atoms with Crippen molar-refractivity contribution in [1.82, 2.24) is 9.97 Å². The maximum absolute atomic E-state index is 9.79. The van der Waals surface area contributed by atoms with E-state index in [-0.39, 0.29) is 0 Å². The van der Waals surface area contributed by atoms with E-state index in [4.69, 9.17) is 9.47 Å². The summed E-state index contributed by atoms with van der Waals surface area (Å²) < 4.78 is 10.4. The summed E-state index contributed by atoms with van der Waals surface area (Å²) >= 11 is 0. The van der Waals surface area contributed by atoms with E-state index < -0.39 is 0 Å². The molecule has 0 atom stereocenters. The van der Waals surface area contributed by atoms with Gasteiger partial charge in [-0.25, -0.2) is 9.97 Å². The zero-order valence-corrected chi connectivity index (χ0v) is 14.8. The van der Waals surface area contributed by atoms with Crippen LogP contribution in [-0.2, 0) is 0 Å². The second-order valence-electron chi connectivity index (χ2n) is 5.44. The molecule has 1 heterocycles. The zero-order valence-electron chi connectivity index (χ0n) is 14.8. The van der Waals surface area contributed by atoms with Crippen molar-refractivity contribution in [3.63, 3.8) is 0 Å². The number of nitrogens with zero attached hydrogens (tertiary/aromatic N) is 3. The summed E-state index contributed by atoms with van der Waals surface area (Å²) in [5.41, 5.74) is 3.19. The molecule has 1 N–H and O–H groups in total. The lowest BCUT2D eigenvalue weighted by Gasteiger charge is -2.12. The van der Waals surface area contributed by atoms with E-state index in [0.717, 1.165) is 22.6 Å². The molecule has 0 fully saturated rings. The minimum Gasteiger partial charge on any atom is -0.497 e. The van der Waals surface area contributed by atoms with Crippen molar-refractivity contribution < 1.29 is 9.47 Å². The number of nitriles is 1. The van der Waals surface area contributed by atoms with Crippen molar-refractivity contribution in [3.05, 3.63) is 54.1 Å². The summed E-state index contributed by atoms with van der Waals surface area (Å²) in [7, 11) is 4.97. The lowest BCUT2D eigenvalue weighted by Crippen LogP contribution is -2.03. The highest BCUT2D eigenvalue weighted by molar-refractivity contribution is 5.78. The summed E-state index contributed by atoms with van der Waals surface area (Å²) in [6.45, 7) is 0. The first-order valence-corrected chi connectivity index (χ1v) is 7.99. The third kappa shape index (κ3) is 3.28. The van der Waals surface area contributed by atoms with Gasteiger partial charge in [0.25, 0.3) is 0 Å². The van der Waals surface area contributed by atoms with Crippen LogP contribution < -0.4 is 14.8 Å². The van der Waals surface area contributed by atoms with Crippen LogP contribution in [0.15, 0.2) is 48.5 Å². The van der Waals surface area contributed by atoms with E-state index in [0.29, 0.717) is 22.9 Å². The molecule has 3 rings (SSSR count). The number of benzene rings is 2. The molecule has 3 aromatic rings. The van der Waals surface area contributed by atoms with Crippen molar-refractivity contribution in [2.24, 2.45) is 0 Å². The number of anilines is 1. The summed E-state index contributed by atoms with van der Waals surface area (Å²) in [4.78, 5) is 8.99. The predicted molar refractivity (Wildman–Crippen MR) is 100 cm³/mol. The molecule has 0 radical (unpaired) electrons. The first-order chi connectivity index (χ1) is 12.7. The highest BCUT2D eigenvalue weighted by Crippen LogP contribution is 2.32. The Hall–Kier alpha value is -3.59. The molecular formula is C20H18N4O2. The van der Waals surface area contributed by atoms with Gasteiger partial charge in [0, 0.05) is 18.2 Å². The van der Waals surface area contributed by atoms with Crippen LogP contribution in [-0.4, -0.2) is 31.2 Å². The Bertz CT molecular complexity index is 877. The van der Waals surface area contributed by atoms with Crippen LogP contribution in [0.25, 0.3) is 22.5 Å². The summed E-state index contributed by atoms with van der Waals surface area (Å²) in [6.07, 6.45) is 0. The first-order valence-electron chi connectivity index (χ1n) is 7.99. The van der Waals surface area contributed by atoms with E-state index in [1.807, 2.05) is 48.5 Å². The standard InChI is InChI=1S/C20H18N4O2/c1-22-20-23-18(13-4-8-15(25-2)9-5-13)17(12-21)19(24-20)14-6-10-16(26-3)11-7-14/h4-11H,1-3H3,(H,22,23,24). The number of nitrogens with one attached hydrogen (secondary N) is 1. The molecule has 0 aliphatic heterocycles. The van der Waals surface area contributed by atoms with Crippen LogP contribution in [0.1, 0.15) is 5.56 Å². The highest BCUT2D eigenvalue weighted by atomic mass is 16.5. The van der Waals surface area contributed by atoms with Gasteiger partial charge < -0.3 is 14.8 Å². The van der Waals surface area contributed by atoms with Crippen LogP contribution in [0.5, 0.6) is 11.5 Å². The van der Waals surface area contributed by atoms with E-state index >= 15 is 0 Å². The van der Waals surface area contributed by atoms with E-state index in [9.17, 15) is 5.26 Å². The lowest BCUT2D eigenvalue weighted by atomic mass is 10.0. The number of methoxy groups -OCH3 is 2. The highest BCUT2D eigenvalue weighted by Gasteiger charge is 2.17. The van der Waals surface area contributed by atoms with Crippen molar-refractivity contribution in [1.29, 1.82) is 5.26 Å². The Morgan fingerprint density at radius 1 is 0.808 bits per heavy atom. The minimum absolute atomic E-state index is 0.416. The number of rotatable bonds is 5. The Kier molecular flexibility index (Phi) is 4.99. The van der Waals surface area contributed by atoms with Gasteiger partial charge in [0.1, 0.15) is 23.1 Å². The normalized spacial score (nSPS) is 10.1. The van der Waals surface area contributed by atoms with Gasteiger partial charge in [0.05, 0.1) is 25.6 Å². The molecule has 0 saturated carbocycles. The number of ether oxygens (including phenoxy) is 2. The average Bonchev–Trinajstić information content (AvgIpc) is 2.72. The number of aromatic nitrogens is 2. The average molecular weight is 346 g/mol. The van der Waals surface area contributed by atoms with Gasteiger partial charge in [0.2, 0.25) is 5.95 Å². The molecule has 0 saturated heterocycles. The maximum atomic E-state index is 9.79. The fourth-order valence-corrected chi connectivity index (χ4v) is 2.59. The SMILES string of the molecule is CNc1nc(-c2ccc(OC)cc2)c(C#N)c(-c2ccc(OC)cc2)n1. The first kappa shape index (κ1) is 17.2. The van der Waals surface area contributed by atoms with Crippen LogP contribution in [0, 0.1) is 11.3 Å². The summed E-state index contributed by atoms with van der Waals surface area (Å²) in [5, 5.41) is 12.7. The van der Waals surface area contributed by atoms with Crippen molar-refractivity contribution >= 4 is 5.95 Å². The fourth-order valence-electron chi connectivity index (χ4n) is 2.59. The predicted octanol–water partition coefficient (Wildman–Crippen LogP) is 3.74. The van der Waals surface area contributed by atoms with Crippen molar-refractivity contribution in [2.75, 3.05) is 26.6 Å². The zero-order chi connectivity index (χ0) is 18.5. The van der Waals surface area contributed by atoms with Gasteiger partial charge in [-0.2, -0.15) is 5.26 Å². The van der Waals surface area contributed by atoms with Crippen molar-refractivity contribution in [3.8, 4) is 40.1 Å². The molecule has 0 unspecified atom stereocenters. The molecule has 130 valence electrons. The van der Waals surface area contributed by atoms with Gasteiger partial charge in [-0.1, -0.05) is 0 Å². The second-order valence-corrected chi connectivity index (χ2v) is 5.44. The topological polar surface area (TPSA) is 80.1 Å². The van der Waals surface area contributed by atoms with Gasteiger partial charge >= 0.3 is 0 Å². The minimum atomic E-state index is 0.416. The molecule has 26 heavy (non-hydrogen) atoms. The Balaban J connectivity index is 2.19. The lowest BCUT2D eigenvalue weighted by molar-refractivity contribution is 0.415. The van der Waals surface area contributed by atoms with Gasteiger partial charge in [-0.3, -0.25) is 0 Å². The van der Waals surface area contributed by atoms with E-state index in [1.54, 1.807) is 21.3 Å². The number of hydrogen-bond acceptors (Lipinski definition) is 6. The van der Waals surface area contributed by atoms with E-state index in [2.05, 4.69) is 21.4 Å². The van der Waals surface area contributed by atoms with E-state index in [1.165, 1.54) is 0 Å². The van der Waals surface area contributed by atoms with Crippen LogP contribution >= 0.6 is 0 Å². The Labute approximate surface area is 152 Å². The largest absolute Gasteiger partial charge is 0.497 e. The van der Waals surface area contributed by atoms with Gasteiger partial charge in [-0.05, 0) is 48.5 Å². The summed E-state index contributed by atoms with van der Waals surface area (Å²) in [5.74, 6) is 1.93. The molecule has 0 bridgehead atoms. The second kappa shape index (κ2) is 7.53. The number of hydrogen-bond donors (Lipinski definition) is 1. The molecule has 0 amide bonds. The van der Waals surface area contributed by atoms with Gasteiger partial charge in [-0.15, -0.1) is 0 Å². The molecule has 0 spiro atoms. The van der Waals surface area contributed by atoms with Crippen LogP contribution in [0.2, 0.25) is 0 Å². The summed E-state index contributed by atoms with van der Waals surface area (Å²) in [6, 6.07) is 17.1. The monoisotopic (exact) mass is 346 g/mol. The van der Waals surface area contributed by atoms with Crippen LogP contribution in [0.4, 0.5) is 5.95 Å². The smallest absolute Gasteiger partial charge is 0.223 e. The fraction of sp³-hybridized carbons (Fsp3) is 0.150. The molecule has 0 aliphatic rings. The molecule has 6 heteroatoms. The third-order valence-electron chi connectivity index (χ3n) is 3.97. The molecule has 2 aromatic carbocycles. The maximum Gasteiger partial charge on any atom is 0.223 e. The van der Waals surface area contributed by atoms with Gasteiger partial charge in [0.15, 0.2) is 0 Å². The quantitative estimate of drug-likeness (QED) is 0.758. The molecule has 6 nitrogen and oxygen atoms in total. The Morgan fingerprint density at radius 3 is 1.54 bits per heavy atom. The Morgan fingerprint density at radius 2 is 1.23 bits per heavy atom. The molecule has 0 aliphatic carbocycles. The third-order valence-corrected chi connectivity index (χ3v) is 3.97. The van der Waals surface area contributed by atoms with Crippen molar-refractivity contribution in [2.45, 2.75) is 0 Å². The molecule has 1 aromatic heterocycles. The molecular weight excluding hydrogens is 328 g/mol. The van der Waals surface area contributed by atoms with Crippen LogP contribution in [0.3, 0.4) is 0 Å².